The maximum absolute atomic E-state index is 12.0. The van der Waals surface area contributed by atoms with E-state index in [2.05, 4.69) is 26.5 Å². The molecule has 0 aliphatic carbocycles. The number of hydrogen-bond donors (Lipinski definition) is 1. The Morgan fingerprint density at radius 2 is 1.70 bits per heavy atom. The first-order chi connectivity index (χ1) is 14.7. The molecule has 7 heteroatoms. The molecule has 0 saturated heterocycles. The number of benzene rings is 3. The average Bonchev–Trinajstić information content (AvgIpc) is 2.78. The van der Waals surface area contributed by atoms with Gasteiger partial charge >= 0.3 is 0 Å². The zero-order valence-electron chi connectivity index (χ0n) is 16.4. The maximum atomic E-state index is 12.0. The van der Waals surface area contributed by atoms with Gasteiger partial charge in [-0.2, -0.15) is 5.10 Å². The summed E-state index contributed by atoms with van der Waals surface area (Å²) < 4.78 is 17.5. The minimum atomic E-state index is -0.390. The molecule has 0 heterocycles. The molecule has 0 bridgehead atoms. The number of para-hydroxylation sites is 2. The molecule has 3 aromatic rings. The number of carbonyl (C=O) groups is 1. The molecule has 0 fully saturated rings. The SMILES string of the molecule is COc1ccccc1OCC(=O)N/N=C/c1cc(Br)ccc1OCc1ccccc1. The number of hydrazone groups is 1. The number of methoxy groups -OCH3 is 1. The summed E-state index contributed by atoms with van der Waals surface area (Å²) in [5.74, 6) is 1.31. The fraction of sp³-hybridized carbons (Fsp3) is 0.130. The van der Waals surface area contributed by atoms with Gasteiger partial charge < -0.3 is 14.2 Å². The lowest BCUT2D eigenvalue weighted by molar-refractivity contribution is -0.123. The van der Waals surface area contributed by atoms with Gasteiger partial charge in [0.05, 0.1) is 13.3 Å². The third kappa shape index (κ3) is 6.35. The van der Waals surface area contributed by atoms with Gasteiger partial charge in [0, 0.05) is 10.0 Å². The minimum Gasteiger partial charge on any atom is -0.493 e. The second-order valence-corrected chi connectivity index (χ2v) is 7.10. The molecular formula is C23H21BrN2O4. The fourth-order valence-electron chi connectivity index (χ4n) is 2.57. The molecule has 1 amide bonds. The van der Waals surface area contributed by atoms with Crippen LogP contribution in [0.5, 0.6) is 17.2 Å². The fourth-order valence-corrected chi connectivity index (χ4v) is 2.95. The van der Waals surface area contributed by atoms with E-state index in [1.165, 1.54) is 6.21 Å². The Kier molecular flexibility index (Phi) is 7.86. The van der Waals surface area contributed by atoms with E-state index in [9.17, 15) is 4.79 Å². The van der Waals surface area contributed by atoms with Gasteiger partial charge in [0.1, 0.15) is 12.4 Å². The summed E-state index contributed by atoms with van der Waals surface area (Å²) in [6, 6.07) is 22.6. The zero-order valence-corrected chi connectivity index (χ0v) is 18.0. The van der Waals surface area contributed by atoms with Crippen LogP contribution in [-0.4, -0.2) is 25.8 Å². The molecule has 30 heavy (non-hydrogen) atoms. The van der Waals surface area contributed by atoms with Crippen LogP contribution in [0, 0.1) is 0 Å². The first kappa shape index (κ1) is 21.4. The van der Waals surface area contributed by atoms with E-state index in [1.807, 2.05) is 54.6 Å². The van der Waals surface area contributed by atoms with Crippen LogP contribution >= 0.6 is 15.9 Å². The van der Waals surface area contributed by atoms with Crippen LogP contribution in [0.1, 0.15) is 11.1 Å². The van der Waals surface area contributed by atoms with E-state index in [0.29, 0.717) is 23.9 Å². The van der Waals surface area contributed by atoms with Crippen molar-refractivity contribution >= 4 is 28.1 Å². The second-order valence-electron chi connectivity index (χ2n) is 6.19. The Balaban J connectivity index is 1.57. The Morgan fingerprint density at radius 1 is 0.967 bits per heavy atom. The van der Waals surface area contributed by atoms with Gasteiger partial charge in [0.25, 0.3) is 5.91 Å². The predicted octanol–water partition coefficient (Wildman–Crippen LogP) is 4.57. The molecule has 0 radical (unpaired) electrons. The number of halogens is 1. The first-order valence-electron chi connectivity index (χ1n) is 9.19. The Hall–Kier alpha value is -3.32. The lowest BCUT2D eigenvalue weighted by atomic mass is 10.2. The molecule has 3 aromatic carbocycles. The van der Waals surface area contributed by atoms with Gasteiger partial charge in [-0.25, -0.2) is 5.43 Å². The quantitative estimate of drug-likeness (QED) is 0.369. The molecule has 1 N–H and O–H groups in total. The summed E-state index contributed by atoms with van der Waals surface area (Å²) in [4.78, 5) is 12.0. The number of rotatable bonds is 9. The van der Waals surface area contributed by atoms with Crippen LogP contribution in [0.3, 0.4) is 0 Å². The van der Waals surface area contributed by atoms with Gasteiger partial charge in [-0.1, -0.05) is 58.4 Å². The summed E-state index contributed by atoms with van der Waals surface area (Å²) in [6.07, 6.45) is 1.53. The normalized spacial score (nSPS) is 10.6. The van der Waals surface area contributed by atoms with Crippen LogP contribution in [0.2, 0.25) is 0 Å². The lowest BCUT2D eigenvalue weighted by Gasteiger charge is -2.10. The molecule has 0 spiro atoms. The highest BCUT2D eigenvalue weighted by molar-refractivity contribution is 9.10. The summed E-state index contributed by atoms with van der Waals surface area (Å²) in [7, 11) is 1.54. The Morgan fingerprint density at radius 3 is 2.47 bits per heavy atom. The number of ether oxygens (including phenoxy) is 3. The van der Waals surface area contributed by atoms with E-state index < -0.39 is 0 Å². The largest absolute Gasteiger partial charge is 0.493 e. The Labute approximate surface area is 183 Å². The minimum absolute atomic E-state index is 0.187. The number of hydrogen-bond acceptors (Lipinski definition) is 5. The number of nitrogens with zero attached hydrogens (tertiary/aromatic N) is 1. The molecule has 0 saturated carbocycles. The van der Waals surface area contributed by atoms with Crippen molar-refractivity contribution in [1.29, 1.82) is 0 Å². The van der Waals surface area contributed by atoms with Crippen molar-refractivity contribution in [1.82, 2.24) is 5.43 Å². The van der Waals surface area contributed by atoms with Crippen molar-refractivity contribution in [3.05, 3.63) is 88.4 Å². The number of nitrogens with one attached hydrogen (secondary N) is 1. The summed E-state index contributed by atoms with van der Waals surface area (Å²) in [5, 5.41) is 4.02. The smallest absolute Gasteiger partial charge is 0.277 e. The molecule has 0 unspecified atom stereocenters. The highest BCUT2D eigenvalue weighted by atomic mass is 79.9. The van der Waals surface area contributed by atoms with Crippen LogP contribution in [0.25, 0.3) is 0 Å². The topological polar surface area (TPSA) is 69.2 Å². The molecule has 0 aliphatic heterocycles. The highest BCUT2D eigenvalue weighted by Gasteiger charge is 2.07. The Bertz CT molecular complexity index is 1010. The van der Waals surface area contributed by atoms with Gasteiger partial charge in [0.15, 0.2) is 18.1 Å². The highest BCUT2D eigenvalue weighted by Crippen LogP contribution is 2.25. The van der Waals surface area contributed by atoms with Crippen LogP contribution in [-0.2, 0) is 11.4 Å². The van der Waals surface area contributed by atoms with Crippen molar-refractivity contribution in [2.24, 2.45) is 5.10 Å². The van der Waals surface area contributed by atoms with Crippen molar-refractivity contribution in [2.45, 2.75) is 6.61 Å². The maximum Gasteiger partial charge on any atom is 0.277 e. The van der Waals surface area contributed by atoms with Crippen LogP contribution < -0.4 is 19.6 Å². The molecular weight excluding hydrogens is 448 g/mol. The molecule has 0 atom stereocenters. The average molecular weight is 469 g/mol. The number of carbonyl (C=O) groups excluding carboxylic acids is 1. The molecule has 6 nitrogen and oxygen atoms in total. The van der Waals surface area contributed by atoms with Gasteiger partial charge in [0.2, 0.25) is 0 Å². The second kappa shape index (κ2) is 11.0. The van der Waals surface area contributed by atoms with E-state index in [1.54, 1.807) is 25.3 Å². The van der Waals surface area contributed by atoms with Crippen molar-refractivity contribution in [3.8, 4) is 17.2 Å². The standard InChI is InChI=1S/C23H21BrN2O4/c1-28-21-9-5-6-10-22(21)30-16-23(27)26-25-14-18-13-19(24)11-12-20(18)29-15-17-7-3-2-4-8-17/h2-14H,15-16H2,1H3,(H,26,27)/b25-14+. The third-order valence-electron chi connectivity index (χ3n) is 4.03. The number of amides is 1. The first-order valence-corrected chi connectivity index (χ1v) is 9.99. The third-order valence-corrected chi connectivity index (χ3v) is 4.52. The van der Waals surface area contributed by atoms with Crippen LogP contribution in [0.15, 0.2) is 82.4 Å². The van der Waals surface area contributed by atoms with E-state index in [-0.39, 0.29) is 12.5 Å². The summed E-state index contributed by atoms with van der Waals surface area (Å²) in [6.45, 7) is 0.246. The summed E-state index contributed by atoms with van der Waals surface area (Å²) >= 11 is 3.44. The monoisotopic (exact) mass is 468 g/mol. The van der Waals surface area contributed by atoms with Gasteiger partial charge in [-0.3, -0.25) is 4.79 Å². The van der Waals surface area contributed by atoms with Gasteiger partial charge in [-0.15, -0.1) is 0 Å². The molecule has 0 aromatic heterocycles. The lowest BCUT2D eigenvalue weighted by Crippen LogP contribution is -2.24. The van der Waals surface area contributed by atoms with E-state index >= 15 is 0 Å². The summed E-state index contributed by atoms with van der Waals surface area (Å²) in [5.41, 5.74) is 4.24. The zero-order chi connectivity index (χ0) is 21.2. The van der Waals surface area contributed by atoms with E-state index in [4.69, 9.17) is 14.2 Å². The van der Waals surface area contributed by atoms with Crippen molar-refractivity contribution in [3.63, 3.8) is 0 Å². The molecule has 154 valence electrons. The van der Waals surface area contributed by atoms with Crippen molar-refractivity contribution in [2.75, 3.05) is 13.7 Å². The van der Waals surface area contributed by atoms with E-state index in [0.717, 1.165) is 15.6 Å². The van der Waals surface area contributed by atoms with Crippen molar-refractivity contribution < 1.29 is 19.0 Å². The predicted molar refractivity (Wildman–Crippen MR) is 119 cm³/mol. The molecule has 3 rings (SSSR count). The van der Waals surface area contributed by atoms with Crippen LogP contribution in [0.4, 0.5) is 0 Å². The van der Waals surface area contributed by atoms with Gasteiger partial charge in [-0.05, 0) is 35.9 Å². The molecule has 0 aliphatic rings.